The van der Waals surface area contributed by atoms with E-state index < -0.39 is 4.92 Å². The maximum absolute atomic E-state index is 10.7. The zero-order valence-corrected chi connectivity index (χ0v) is 11.1. The van der Waals surface area contributed by atoms with Crippen molar-refractivity contribution in [3.05, 3.63) is 37.8 Å². The van der Waals surface area contributed by atoms with E-state index in [0.29, 0.717) is 4.73 Å². The van der Waals surface area contributed by atoms with Gasteiger partial charge in [0.15, 0.2) is 5.69 Å². The van der Waals surface area contributed by atoms with Crippen LogP contribution in [0.4, 0.5) is 5.69 Å². The Kier molecular flexibility index (Phi) is 4.95. The minimum absolute atomic E-state index is 0. The molecule has 0 unspecified atom stereocenters. The van der Waals surface area contributed by atoms with Crippen LogP contribution in [0, 0.1) is 28.4 Å². The molecule has 1 heterocycles. The Morgan fingerprint density at radius 3 is 2.62 bits per heavy atom. The topological polar surface area (TPSA) is 70.1 Å². The van der Waals surface area contributed by atoms with E-state index in [-0.39, 0.29) is 48.4 Å². The molecule has 0 aliphatic rings. The van der Waals surface area contributed by atoms with E-state index >= 15 is 0 Å². The molecule has 0 saturated heterocycles. The second-order valence-corrected chi connectivity index (χ2v) is 3.00. The molecule has 0 fully saturated rings. The van der Waals surface area contributed by atoms with Crippen LogP contribution in [0.1, 0.15) is 5.56 Å². The summed E-state index contributed by atoms with van der Waals surface area (Å²) >= 11 is 2.92. The number of hydrogen-bond acceptors (Lipinski definition) is 3. The molecule has 1 rings (SSSR count). The number of aryl methyl sites for hydroxylation is 1. The summed E-state index contributed by atoms with van der Waals surface area (Å²) in [6.07, 6.45) is 3.30. The molecular formula is C6H4BrN2O3Y-. The van der Waals surface area contributed by atoms with Gasteiger partial charge < -0.3 is 5.21 Å². The maximum Gasteiger partial charge on any atom is 0.191 e. The molecule has 0 N–H and O–H groups in total. The second kappa shape index (κ2) is 4.98. The molecule has 0 aliphatic carbocycles. The van der Waals surface area contributed by atoms with E-state index in [1.807, 2.05) is 0 Å². The molecule has 5 nitrogen and oxygen atoms in total. The van der Waals surface area contributed by atoms with Crippen molar-refractivity contribution in [2.45, 2.75) is 6.92 Å². The molecule has 0 bridgehead atoms. The summed E-state index contributed by atoms with van der Waals surface area (Å²) in [5.41, 5.74) is 0.0893. The van der Waals surface area contributed by atoms with Gasteiger partial charge in [-0.25, -0.2) is 0 Å². The van der Waals surface area contributed by atoms with Gasteiger partial charge in [0, 0.05) is 42.1 Å². The van der Waals surface area contributed by atoms with E-state index in [9.17, 15) is 15.3 Å². The number of pyridine rings is 1. The Labute approximate surface area is 108 Å². The minimum atomic E-state index is -0.560. The van der Waals surface area contributed by atoms with Crippen LogP contribution in [-0.2, 0) is 32.7 Å². The van der Waals surface area contributed by atoms with Gasteiger partial charge in [-0.05, 0) is 5.56 Å². The number of nitro groups is 1. The quantitative estimate of drug-likeness (QED) is 0.256. The molecule has 1 radical (unpaired) electrons. The Morgan fingerprint density at radius 1 is 1.69 bits per heavy atom. The van der Waals surface area contributed by atoms with E-state index in [4.69, 9.17) is 0 Å². The Bertz CT molecular complexity index is 322. The third-order valence-electron chi connectivity index (χ3n) is 1.27. The summed E-state index contributed by atoms with van der Waals surface area (Å²) < 4.78 is 0.561. The van der Waals surface area contributed by atoms with Crippen molar-refractivity contribution in [2.75, 3.05) is 0 Å². The van der Waals surface area contributed by atoms with Crippen LogP contribution in [0.25, 0.3) is 0 Å². The summed E-state index contributed by atoms with van der Waals surface area (Å²) in [5, 5.41) is 21.1. The van der Waals surface area contributed by atoms with E-state index in [0.717, 1.165) is 6.20 Å². The Hall–Kier alpha value is -0.0661. The number of halogens is 1. The summed E-state index contributed by atoms with van der Waals surface area (Å²) in [4.78, 5) is 9.84. The van der Waals surface area contributed by atoms with Gasteiger partial charge in [-0.1, -0.05) is 22.9 Å². The first-order valence-corrected chi connectivity index (χ1v) is 3.77. The molecule has 7 heteroatoms. The van der Waals surface area contributed by atoms with Crippen LogP contribution in [0.2, 0.25) is 0 Å². The van der Waals surface area contributed by atoms with Crippen LogP contribution in [-0.4, -0.2) is 4.92 Å². The van der Waals surface area contributed by atoms with E-state index in [2.05, 4.69) is 22.1 Å². The average molecular weight is 321 g/mol. The summed E-state index contributed by atoms with van der Waals surface area (Å²) in [7, 11) is 0. The normalized spacial score (nSPS) is 9.08. The van der Waals surface area contributed by atoms with Gasteiger partial charge in [0.05, 0.1) is 6.20 Å². The third-order valence-corrected chi connectivity index (χ3v) is 1.85. The van der Waals surface area contributed by atoms with Gasteiger partial charge in [0.2, 0.25) is 0 Å². The summed E-state index contributed by atoms with van der Waals surface area (Å²) in [5.74, 6) is 0. The van der Waals surface area contributed by atoms with Gasteiger partial charge in [-0.3, -0.25) is 14.8 Å². The first-order chi connectivity index (χ1) is 5.52. The monoisotopic (exact) mass is 320 g/mol. The number of nitrogens with zero attached hydrogens (tertiary/aromatic N) is 2. The van der Waals surface area contributed by atoms with Crippen molar-refractivity contribution in [2.24, 2.45) is 0 Å². The van der Waals surface area contributed by atoms with Crippen molar-refractivity contribution in [3.8, 4) is 0 Å². The minimum Gasteiger partial charge on any atom is -0.640 e. The van der Waals surface area contributed by atoms with Gasteiger partial charge in [0.1, 0.15) is 6.20 Å². The first-order valence-electron chi connectivity index (χ1n) is 2.98. The van der Waals surface area contributed by atoms with Crippen LogP contribution >= 0.6 is 15.9 Å². The van der Waals surface area contributed by atoms with Crippen LogP contribution < -0.4 is 4.73 Å². The van der Waals surface area contributed by atoms with Crippen LogP contribution in [0.3, 0.4) is 0 Å². The molecule has 1 aromatic heterocycles. The number of rotatable bonds is 1. The fourth-order valence-corrected chi connectivity index (χ4v) is 1.45. The number of aromatic nitrogens is 1. The van der Waals surface area contributed by atoms with Crippen molar-refractivity contribution < 1.29 is 42.4 Å². The van der Waals surface area contributed by atoms with Gasteiger partial charge in [-0.2, -0.15) is 0 Å². The molecule has 0 aromatic carbocycles. The standard InChI is InChI=1S/C6H4BrN2O3.Y/c1-4-2-8(10)3-5(7)6(4)9(11)12;/h3H,1H3;/q-1;. The van der Waals surface area contributed by atoms with Crippen LogP contribution in [0.5, 0.6) is 0 Å². The third kappa shape index (κ3) is 2.96. The fourth-order valence-electron chi connectivity index (χ4n) is 0.818. The molecule has 0 amide bonds. The van der Waals surface area contributed by atoms with Crippen LogP contribution in [0.15, 0.2) is 10.7 Å². The molecule has 0 aliphatic heterocycles. The van der Waals surface area contributed by atoms with Crippen molar-refractivity contribution >= 4 is 21.6 Å². The van der Waals surface area contributed by atoms with Crippen molar-refractivity contribution in [3.63, 3.8) is 0 Å². The molecule has 67 valence electrons. The van der Waals surface area contributed by atoms with Gasteiger partial charge >= 0.3 is 0 Å². The second-order valence-electron chi connectivity index (χ2n) is 2.15. The molecule has 1 aromatic rings. The average Bonchev–Trinajstić information content (AvgIpc) is 1.82. The van der Waals surface area contributed by atoms with Crippen molar-refractivity contribution in [1.82, 2.24) is 0 Å². The Balaban J connectivity index is 0.00000144. The summed E-state index contributed by atoms with van der Waals surface area (Å²) in [6, 6.07) is 0. The zero-order valence-electron chi connectivity index (χ0n) is 6.65. The molecule has 13 heavy (non-hydrogen) atoms. The van der Waals surface area contributed by atoms with Gasteiger partial charge in [0.25, 0.3) is 0 Å². The zero-order chi connectivity index (χ0) is 9.30. The smallest absolute Gasteiger partial charge is 0.191 e. The van der Waals surface area contributed by atoms with Crippen molar-refractivity contribution in [1.29, 1.82) is 0 Å². The molecule has 0 atom stereocenters. The maximum atomic E-state index is 10.7. The SMILES string of the molecule is Cc1[c-][n+]([O-])cc(Br)c1[N+](=O)[O-].[Y]. The fraction of sp³-hybridized carbons (Fsp3) is 0.167. The first kappa shape index (κ1) is 12.9. The predicted octanol–water partition coefficient (Wildman–Crippen LogP) is 1.10. The number of hydrogen-bond donors (Lipinski definition) is 0. The summed E-state index contributed by atoms with van der Waals surface area (Å²) in [6.45, 7) is 1.46. The largest absolute Gasteiger partial charge is 0.640 e. The predicted molar refractivity (Wildman–Crippen MR) is 43.3 cm³/mol. The van der Waals surface area contributed by atoms with E-state index in [1.165, 1.54) is 6.92 Å². The molecule has 0 spiro atoms. The Morgan fingerprint density at radius 2 is 2.23 bits per heavy atom. The van der Waals surface area contributed by atoms with E-state index in [1.54, 1.807) is 0 Å². The molecule has 0 saturated carbocycles. The molecular weight excluding hydrogens is 317 g/mol. The van der Waals surface area contributed by atoms with Gasteiger partial charge in [-0.15, -0.1) is 0 Å².